The molecule has 0 heterocycles. The number of oxime groups is 1. The number of fused-ring (bicyclic) bond motifs is 5. The van der Waals surface area contributed by atoms with Crippen LogP contribution in [-0.2, 0) is 19.2 Å². The smallest absolute Gasteiger partial charge is 0.308 e. The van der Waals surface area contributed by atoms with Crippen LogP contribution >= 0.6 is 0 Å². The van der Waals surface area contributed by atoms with Crippen molar-refractivity contribution in [2.24, 2.45) is 22.4 Å². The third-order valence-corrected chi connectivity index (χ3v) is 7.95. The molecule has 0 aromatic heterocycles. The van der Waals surface area contributed by atoms with E-state index in [4.69, 9.17) is 19.0 Å². The molecule has 7 nitrogen and oxygen atoms in total. The third kappa shape index (κ3) is 4.34. The first-order chi connectivity index (χ1) is 15.8. The van der Waals surface area contributed by atoms with Gasteiger partial charge in [-0.1, -0.05) is 12.1 Å². The van der Waals surface area contributed by atoms with Crippen LogP contribution in [0.25, 0.3) is 0 Å². The first-order valence-corrected chi connectivity index (χ1v) is 12.0. The van der Waals surface area contributed by atoms with Crippen molar-refractivity contribution in [3.05, 3.63) is 23.3 Å². The molecular weight excluding hydrogens is 422 g/mol. The Morgan fingerprint density at radius 3 is 2.55 bits per heavy atom. The lowest BCUT2D eigenvalue weighted by Crippen LogP contribution is -2.43. The van der Waals surface area contributed by atoms with Gasteiger partial charge in [-0.3, -0.25) is 9.59 Å². The van der Waals surface area contributed by atoms with E-state index in [0.29, 0.717) is 35.9 Å². The van der Waals surface area contributed by atoms with Crippen molar-refractivity contribution < 1.29 is 28.6 Å². The van der Waals surface area contributed by atoms with Crippen LogP contribution in [0.15, 0.2) is 17.3 Å². The van der Waals surface area contributed by atoms with Crippen LogP contribution in [0.3, 0.4) is 0 Å². The molecule has 1 aromatic rings. The van der Waals surface area contributed by atoms with Crippen molar-refractivity contribution in [3.63, 3.8) is 0 Å². The number of rotatable bonds is 5. The second-order valence-electron chi connectivity index (χ2n) is 9.77. The SMILES string of the molecule is CCOc1cc2c(cc1OC(C)=O)/C(=N/OC)CCC1C2CC[C@@]2(C)C1CC[C@@H]2OC(C)=O. The molecule has 0 N–H and O–H groups in total. The summed E-state index contributed by atoms with van der Waals surface area (Å²) in [6.07, 6.45) is 5.74. The van der Waals surface area contributed by atoms with Crippen molar-refractivity contribution in [2.75, 3.05) is 13.7 Å². The average molecular weight is 458 g/mol. The molecule has 0 aliphatic heterocycles. The Balaban J connectivity index is 1.78. The Morgan fingerprint density at radius 1 is 1.09 bits per heavy atom. The van der Waals surface area contributed by atoms with Gasteiger partial charge in [0.05, 0.1) is 12.3 Å². The molecule has 0 amide bonds. The third-order valence-electron chi connectivity index (χ3n) is 7.95. The number of hydrogen-bond donors (Lipinski definition) is 0. The summed E-state index contributed by atoms with van der Waals surface area (Å²) in [5.74, 6) is 1.68. The standard InChI is InChI=1S/C26H35NO6/c1-6-31-23-13-19-17-11-12-26(4)21(8-10-25(26)33-16(3)29)18(17)7-9-22(27-30-5)20(19)14-24(23)32-15(2)28/h13-14,17-18,21,25H,6-12H2,1-5H3/b27-22+/t17?,18?,21?,25-,26-/m0/s1. The Morgan fingerprint density at radius 2 is 1.88 bits per heavy atom. The summed E-state index contributed by atoms with van der Waals surface area (Å²) < 4.78 is 17.2. The molecule has 7 heteroatoms. The van der Waals surface area contributed by atoms with E-state index in [-0.39, 0.29) is 23.5 Å². The van der Waals surface area contributed by atoms with Crippen molar-refractivity contribution >= 4 is 17.7 Å². The highest BCUT2D eigenvalue weighted by Crippen LogP contribution is 2.61. The largest absolute Gasteiger partial charge is 0.490 e. The number of benzene rings is 1. The van der Waals surface area contributed by atoms with Crippen LogP contribution in [0, 0.1) is 17.3 Å². The molecule has 180 valence electrons. The first kappa shape index (κ1) is 23.6. The maximum absolute atomic E-state index is 11.7. The lowest BCUT2D eigenvalue weighted by atomic mass is 9.58. The lowest BCUT2D eigenvalue weighted by molar-refractivity contribution is -0.154. The second kappa shape index (κ2) is 9.35. The fraction of sp³-hybridized carbons (Fsp3) is 0.654. The summed E-state index contributed by atoms with van der Waals surface area (Å²) in [5, 5.41) is 4.36. The summed E-state index contributed by atoms with van der Waals surface area (Å²) in [4.78, 5) is 28.7. The van der Waals surface area contributed by atoms with E-state index in [1.165, 1.54) is 19.4 Å². The zero-order valence-corrected chi connectivity index (χ0v) is 20.3. The fourth-order valence-corrected chi connectivity index (χ4v) is 6.70. The average Bonchev–Trinajstić information content (AvgIpc) is 2.99. The number of hydrogen-bond acceptors (Lipinski definition) is 7. The molecule has 0 saturated heterocycles. The molecule has 0 radical (unpaired) electrons. The Bertz CT molecular complexity index is 956. The number of carbonyl (C=O) groups is 2. The van der Waals surface area contributed by atoms with Crippen LogP contribution in [0.2, 0.25) is 0 Å². The van der Waals surface area contributed by atoms with Gasteiger partial charge in [-0.15, -0.1) is 0 Å². The summed E-state index contributed by atoms with van der Waals surface area (Å²) in [5.41, 5.74) is 3.03. The normalized spacial score (nSPS) is 31.6. The predicted octanol–water partition coefficient (Wildman–Crippen LogP) is 5.00. The Hall–Kier alpha value is -2.57. The molecule has 0 bridgehead atoms. The van der Waals surface area contributed by atoms with E-state index < -0.39 is 0 Å². The lowest BCUT2D eigenvalue weighted by Gasteiger charge is -2.48. The Kier molecular flexibility index (Phi) is 6.68. The maximum Gasteiger partial charge on any atom is 0.308 e. The van der Waals surface area contributed by atoms with Gasteiger partial charge in [-0.05, 0) is 80.9 Å². The molecule has 3 aliphatic rings. The number of esters is 2. The quantitative estimate of drug-likeness (QED) is 0.352. The Labute approximate surface area is 195 Å². The van der Waals surface area contributed by atoms with Crippen LogP contribution in [0.4, 0.5) is 0 Å². The molecule has 33 heavy (non-hydrogen) atoms. The van der Waals surface area contributed by atoms with Gasteiger partial charge in [0.1, 0.15) is 13.2 Å². The molecule has 3 aliphatic carbocycles. The van der Waals surface area contributed by atoms with E-state index in [0.717, 1.165) is 49.8 Å². The van der Waals surface area contributed by atoms with Gasteiger partial charge >= 0.3 is 11.9 Å². The highest BCUT2D eigenvalue weighted by atomic mass is 16.6. The topological polar surface area (TPSA) is 83.4 Å². The fourth-order valence-electron chi connectivity index (χ4n) is 6.70. The molecular formula is C26H35NO6. The van der Waals surface area contributed by atoms with E-state index in [1.54, 1.807) is 7.11 Å². The highest BCUT2D eigenvalue weighted by molar-refractivity contribution is 6.02. The van der Waals surface area contributed by atoms with Crippen LogP contribution in [-0.4, -0.2) is 37.5 Å². The first-order valence-electron chi connectivity index (χ1n) is 12.0. The summed E-state index contributed by atoms with van der Waals surface area (Å²) in [6.45, 7) is 7.60. The monoisotopic (exact) mass is 457 g/mol. The minimum atomic E-state index is -0.386. The summed E-state index contributed by atoms with van der Waals surface area (Å²) >= 11 is 0. The predicted molar refractivity (Wildman–Crippen MR) is 124 cm³/mol. The molecule has 5 atom stereocenters. The van der Waals surface area contributed by atoms with Gasteiger partial charge in [-0.25, -0.2) is 0 Å². The molecule has 0 spiro atoms. The maximum atomic E-state index is 11.7. The van der Waals surface area contributed by atoms with Crippen LogP contribution in [0.5, 0.6) is 11.5 Å². The molecule has 2 fully saturated rings. The molecule has 4 rings (SSSR count). The van der Waals surface area contributed by atoms with Crippen molar-refractivity contribution in [3.8, 4) is 11.5 Å². The molecule has 3 unspecified atom stereocenters. The minimum Gasteiger partial charge on any atom is -0.490 e. The van der Waals surface area contributed by atoms with Crippen molar-refractivity contribution in [2.45, 2.75) is 78.2 Å². The van der Waals surface area contributed by atoms with Gasteiger partial charge in [0.15, 0.2) is 11.5 Å². The van der Waals surface area contributed by atoms with Gasteiger partial charge in [0.25, 0.3) is 0 Å². The zero-order valence-electron chi connectivity index (χ0n) is 20.3. The van der Waals surface area contributed by atoms with Gasteiger partial charge in [-0.2, -0.15) is 0 Å². The van der Waals surface area contributed by atoms with Crippen LogP contribution in [0.1, 0.15) is 83.3 Å². The number of carbonyl (C=O) groups excluding carboxylic acids is 2. The van der Waals surface area contributed by atoms with Crippen LogP contribution < -0.4 is 9.47 Å². The second-order valence-corrected chi connectivity index (χ2v) is 9.77. The zero-order chi connectivity index (χ0) is 23.8. The summed E-state index contributed by atoms with van der Waals surface area (Å²) in [6, 6.07) is 3.94. The molecule has 2 saturated carbocycles. The van der Waals surface area contributed by atoms with Gasteiger partial charge < -0.3 is 19.0 Å². The van der Waals surface area contributed by atoms with Crippen molar-refractivity contribution in [1.29, 1.82) is 0 Å². The van der Waals surface area contributed by atoms with Gasteiger partial charge in [0, 0.05) is 24.8 Å². The highest BCUT2D eigenvalue weighted by Gasteiger charge is 2.56. The molecule has 1 aromatic carbocycles. The van der Waals surface area contributed by atoms with Crippen molar-refractivity contribution in [1.82, 2.24) is 0 Å². The van der Waals surface area contributed by atoms with E-state index >= 15 is 0 Å². The van der Waals surface area contributed by atoms with E-state index in [2.05, 4.69) is 12.1 Å². The summed E-state index contributed by atoms with van der Waals surface area (Å²) in [7, 11) is 1.56. The van der Waals surface area contributed by atoms with E-state index in [1.807, 2.05) is 19.1 Å². The van der Waals surface area contributed by atoms with Gasteiger partial charge in [0.2, 0.25) is 0 Å². The number of nitrogens with zero attached hydrogens (tertiary/aromatic N) is 1. The minimum absolute atomic E-state index is 0.00364. The number of ether oxygens (including phenoxy) is 3. The van der Waals surface area contributed by atoms with E-state index in [9.17, 15) is 9.59 Å².